The quantitative estimate of drug-likeness (QED) is 0.342. The minimum absolute atomic E-state index is 0.0114. The van der Waals surface area contributed by atoms with Crippen LogP contribution in [-0.2, 0) is 24.0 Å². The number of hydrogen-bond acceptors (Lipinski definition) is 6. The van der Waals surface area contributed by atoms with Crippen LogP contribution in [-0.4, -0.2) is 51.3 Å². The van der Waals surface area contributed by atoms with Crippen molar-refractivity contribution in [2.24, 2.45) is 29.1 Å². The van der Waals surface area contributed by atoms with Crippen LogP contribution >= 0.6 is 0 Å². The number of para-hydroxylation sites is 1. The summed E-state index contributed by atoms with van der Waals surface area (Å²) in [6.45, 7) is 1.58. The van der Waals surface area contributed by atoms with Gasteiger partial charge in [0.1, 0.15) is 5.75 Å². The lowest BCUT2D eigenvalue weighted by atomic mass is 9.51. The molecule has 1 saturated carbocycles. The Hall–Kier alpha value is -4.79. The molecular formula is C34H30N2O7. The van der Waals surface area contributed by atoms with Gasteiger partial charge in [0.15, 0.2) is 0 Å². The minimum Gasteiger partial charge on any atom is -0.508 e. The molecule has 6 atom stereocenters. The fraction of sp³-hybridized carbons (Fsp3) is 0.324. The summed E-state index contributed by atoms with van der Waals surface area (Å²) < 4.78 is 0. The molecule has 0 bridgehead atoms. The van der Waals surface area contributed by atoms with E-state index < -0.39 is 52.8 Å². The van der Waals surface area contributed by atoms with E-state index in [0.717, 1.165) is 21.2 Å². The van der Waals surface area contributed by atoms with Crippen LogP contribution in [0, 0.1) is 29.1 Å². The lowest BCUT2D eigenvalue weighted by molar-refractivity contribution is -0.142. The van der Waals surface area contributed by atoms with Gasteiger partial charge in [-0.3, -0.25) is 28.9 Å². The van der Waals surface area contributed by atoms with Gasteiger partial charge in [0.2, 0.25) is 23.6 Å². The molecule has 0 aromatic heterocycles. The second-order valence-electron chi connectivity index (χ2n) is 12.2. The van der Waals surface area contributed by atoms with Crippen LogP contribution < -0.4 is 4.90 Å². The number of carboxylic acids is 1. The van der Waals surface area contributed by atoms with Crippen LogP contribution in [0.4, 0.5) is 5.69 Å². The first-order valence-electron chi connectivity index (χ1n) is 14.6. The number of aliphatic carboxylic acids is 1. The third-order valence-electron chi connectivity index (χ3n) is 10.2. The third-order valence-corrected chi connectivity index (χ3v) is 10.2. The highest BCUT2D eigenvalue weighted by Gasteiger charge is 2.68. The van der Waals surface area contributed by atoms with Crippen molar-refractivity contribution in [3.8, 4) is 5.75 Å². The van der Waals surface area contributed by atoms with Gasteiger partial charge in [-0.15, -0.1) is 0 Å². The molecule has 2 heterocycles. The van der Waals surface area contributed by atoms with Crippen molar-refractivity contribution >= 4 is 46.1 Å². The van der Waals surface area contributed by atoms with Crippen molar-refractivity contribution in [2.45, 2.75) is 32.1 Å². The summed E-state index contributed by atoms with van der Waals surface area (Å²) in [4.78, 5) is 69.5. The number of carboxylic acid groups (broad SMARTS) is 1. The first kappa shape index (κ1) is 27.1. The molecule has 0 unspecified atom stereocenters. The average Bonchev–Trinajstić information content (AvgIpc) is 3.36. The topological polar surface area (TPSA) is 132 Å². The lowest BCUT2D eigenvalue weighted by Crippen LogP contribution is -2.49. The molecule has 218 valence electrons. The number of hydrogen-bond donors (Lipinski definition) is 2. The van der Waals surface area contributed by atoms with E-state index >= 15 is 0 Å². The van der Waals surface area contributed by atoms with Gasteiger partial charge in [0.25, 0.3) is 0 Å². The van der Waals surface area contributed by atoms with Gasteiger partial charge in [-0.2, -0.15) is 0 Å². The Kier molecular flexibility index (Phi) is 6.06. The molecule has 4 aliphatic rings. The van der Waals surface area contributed by atoms with E-state index in [1.54, 1.807) is 49.4 Å². The summed E-state index contributed by atoms with van der Waals surface area (Å²) in [7, 11) is 0. The van der Waals surface area contributed by atoms with E-state index in [0.29, 0.717) is 11.3 Å². The second kappa shape index (κ2) is 9.62. The SMILES string of the molecule is C[C@@]12C(=O)N(c3ccccc3)C(=O)[C@@H]1C[C@@H]1C(=CC[C@@H]3C(=O)N(CCC(=O)O)C(=O)[C@@H]31)[C@@H]2c1c(O)ccc2ccccc12. The molecule has 0 radical (unpaired) electrons. The maximum absolute atomic E-state index is 14.5. The molecule has 3 fully saturated rings. The zero-order valence-electron chi connectivity index (χ0n) is 23.5. The molecule has 9 nitrogen and oxygen atoms in total. The molecular weight excluding hydrogens is 548 g/mol. The second-order valence-corrected chi connectivity index (χ2v) is 12.2. The van der Waals surface area contributed by atoms with E-state index in [2.05, 4.69) is 0 Å². The zero-order chi connectivity index (χ0) is 30.2. The number of benzene rings is 3. The number of allylic oxidation sites excluding steroid dienone is 2. The van der Waals surface area contributed by atoms with E-state index in [4.69, 9.17) is 0 Å². The maximum atomic E-state index is 14.5. The number of carbonyl (C=O) groups excluding carboxylic acids is 4. The Balaban J connectivity index is 1.42. The summed E-state index contributed by atoms with van der Waals surface area (Å²) in [5, 5.41) is 22.3. The Labute approximate surface area is 247 Å². The Morgan fingerprint density at radius 3 is 2.37 bits per heavy atom. The fourth-order valence-corrected chi connectivity index (χ4v) is 8.23. The Bertz CT molecular complexity index is 1760. The zero-order valence-corrected chi connectivity index (χ0v) is 23.5. The predicted octanol–water partition coefficient (Wildman–Crippen LogP) is 4.25. The summed E-state index contributed by atoms with van der Waals surface area (Å²) in [5.41, 5.74) is 0.466. The van der Waals surface area contributed by atoms with Gasteiger partial charge < -0.3 is 10.2 Å². The molecule has 2 saturated heterocycles. The highest BCUT2D eigenvalue weighted by Crippen LogP contribution is 2.65. The highest BCUT2D eigenvalue weighted by molar-refractivity contribution is 6.24. The molecule has 2 aliphatic heterocycles. The molecule has 7 rings (SSSR count). The van der Waals surface area contributed by atoms with Gasteiger partial charge >= 0.3 is 5.97 Å². The van der Waals surface area contributed by atoms with Crippen molar-refractivity contribution in [1.82, 2.24) is 4.90 Å². The number of aromatic hydroxyl groups is 1. The number of imide groups is 2. The number of nitrogens with zero attached hydrogens (tertiary/aromatic N) is 2. The first-order chi connectivity index (χ1) is 20.6. The molecule has 4 amide bonds. The van der Waals surface area contributed by atoms with Crippen LogP contribution in [0.25, 0.3) is 10.8 Å². The molecule has 3 aromatic rings. The van der Waals surface area contributed by atoms with Gasteiger partial charge in [-0.25, -0.2) is 4.90 Å². The summed E-state index contributed by atoms with van der Waals surface area (Å²) >= 11 is 0. The Morgan fingerprint density at radius 1 is 0.907 bits per heavy atom. The smallest absolute Gasteiger partial charge is 0.305 e. The summed E-state index contributed by atoms with van der Waals surface area (Å²) in [6.07, 6.45) is 2.01. The molecule has 2 N–H and O–H groups in total. The summed E-state index contributed by atoms with van der Waals surface area (Å²) in [5.74, 6) is -6.25. The first-order valence-corrected chi connectivity index (χ1v) is 14.6. The molecule has 9 heteroatoms. The predicted molar refractivity (Wildman–Crippen MR) is 156 cm³/mol. The standard InChI is InChI=1S/C34H30N2O7/c1-34-24(31(41)36(33(34)43)19-8-3-2-4-9-19)17-23-21(29(34)28-20-10-6-5-7-18(20)11-14-25(28)37)12-13-22-27(23)32(42)35(30(22)40)16-15-26(38)39/h2-12,14,22-24,27,29,37H,13,15-17H2,1H3,(H,38,39)/t22-,23+,24-,27-,29+,34+/m0/s1. The number of phenolic OH excluding ortho intramolecular Hbond substituents is 1. The number of fused-ring (bicyclic) bond motifs is 5. The monoisotopic (exact) mass is 578 g/mol. The minimum atomic E-state index is -1.28. The third kappa shape index (κ3) is 3.73. The van der Waals surface area contributed by atoms with Crippen LogP contribution in [0.15, 0.2) is 78.4 Å². The normalized spacial score (nSPS) is 29.9. The summed E-state index contributed by atoms with van der Waals surface area (Å²) in [6, 6.07) is 19.7. The van der Waals surface area contributed by atoms with Crippen LogP contribution in [0.3, 0.4) is 0 Å². The number of carbonyl (C=O) groups is 5. The van der Waals surface area contributed by atoms with Crippen LogP contribution in [0.1, 0.15) is 37.7 Å². The van der Waals surface area contributed by atoms with E-state index in [9.17, 15) is 34.2 Å². The molecule has 43 heavy (non-hydrogen) atoms. The van der Waals surface area contributed by atoms with Crippen LogP contribution in [0.2, 0.25) is 0 Å². The van der Waals surface area contributed by atoms with E-state index in [1.165, 1.54) is 4.90 Å². The van der Waals surface area contributed by atoms with Crippen molar-refractivity contribution in [1.29, 1.82) is 0 Å². The average molecular weight is 579 g/mol. The van der Waals surface area contributed by atoms with E-state index in [-0.39, 0.29) is 43.4 Å². The molecule has 2 aliphatic carbocycles. The maximum Gasteiger partial charge on any atom is 0.305 e. The highest BCUT2D eigenvalue weighted by atomic mass is 16.4. The van der Waals surface area contributed by atoms with E-state index in [1.807, 2.05) is 30.3 Å². The van der Waals surface area contributed by atoms with Crippen molar-refractivity contribution in [3.05, 3.63) is 83.9 Å². The Morgan fingerprint density at radius 2 is 1.63 bits per heavy atom. The van der Waals surface area contributed by atoms with Crippen molar-refractivity contribution in [3.63, 3.8) is 0 Å². The number of anilines is 1. The number of rotatable bonds is 5. The number of phenols is 1. The number of likely N-dealkylation sites (tertiary alicyclic amines) is 1. The van der Waals surface area contributed by atoms with Gasteiger partial charge in [0.05, 0.1) is 35.3 Å². The van der Waals surface area contributed by atoms with Gasteiger partial charge in [0, 0.05) is 18.0 Å². The largest absolute Gasteiger partial charge is 0.508 e. The van der Waals surface area contributed by atoms with Crippen LogP contribution in [0.5, 0.6) is 5.75 Å². The van der Waals surface area contributed by atoms with Crippen molar-refractivity contribution in [2.75, 3.05) is 11.4 Å². The fourth-order valence-electron chi connectivity index (χ4n) is 8.23. The molecule has 3 aromatic carbocycles. The van der Waals surface area contributed by atoms with Crippen molar-refractivity contribution < 1.29 is 34.2 Å². The van der Waals surface area contributed by atoms with Gasteiger partial charge in [-0.05, 0) is 54.7 Å². The molecule has 0 spiro atoms. The lowest BCUT2D eigenvalue weighted by Gasteiger charge is -2.49. The van der Waals surface area contributed by atoms with Gasteiger partial charge in [-0.1, -0.05) is 60.2 Å². The number of amides is 4.